The van der Waals surface area contributed by atoms with Crippen molar-refractivity contribution in [2.75, 3.05) is 44.4 Å². The van der Waals surface area contributed by atoms with Crippen molar-refractivity contribution in [2.24, 2.45) is 5.11 Å². The molecule has 176 valence electrons. The lowest BCUT2D eigenvalue weighted by Gasteiger charge is -2.35. The Morgan fingerprint density at radius 3 is 2.62 bits per heavy atom. The number of nitrogens with zero attached hydrogens (tertiary/aromatic N) is 5. The van der Waals surface area contributed by atoms with Crippen molar-refractivity contribution in [1.82, 2.24) is 20.2 Å². The second-order valence-corrected chi connectivity index (χ2v) is 8.60. The minimum absolute atomic E-state index is 0.230. The van der Waals surface area contributed by atoms with Crippen LogP contribution in [0.3, 0.4) is 0 Å². The summed E-state index contributed by atoms with van der Waals surface area (Å²) in [7, 11) is 6.00. The quantitative estimate of drug-likeness (QED) is 0.462. The number of rotatable bonds is 7. The van der Waals surface area contributed by atoms with Gasteiger partial charge in [-0.2, -0.15) is 5.11 Å². The monoisotopic (exact) mass is 458 g/mol. The molecule has 0 spiro atoms. The summed E-state index contributed by atoms with van der Waals surface area (Å²) < 4.78 is 0. The van der Waals surface area contributed by atoms with E-state index in [4.69, 9.17) is 5.53 Å². The van der Waals surface area contributed by atoms with E-state index in [1.807, 2.05) is 30.3 Å². The van der Waals surface area contributed by atoms with Crippen molar-refractivity contribution >= 4 is 34.0 Å². The average Bonchev–Trinajstić information content (AvgIpc) is 2.87. The van der Waals surface area contributed by atoms with Crippen LogP contribution in [0.2, 0.25) is 0 Å². The molecule has 9 heteroatoms. The van der Waals surface area contributed by atoms with Crippen LogP contribution in [0.25, 0.3) is 16.5 Å². The zero-order valence-corrected chi connectivity index (χ0v) is 19.7. The van der Waals surface area contributed by atoms with Crippen molar-refractivity contribution in [3.05, 3.63) is 66.1 Å². The van der Waals surface area contributed by atoms with Gasteiger partial charge in [-0.1, -0.05) is 12.1 Å². The molecule has 2 aromatic heterocycles. The van der Waals surface area contributed by atoms with E-state index in [0.717, 1.165) is 48.1 Å². The maximum Gasteiger partial charge on any atom is 0.257 e. The van der Waals surface area contributed by atoms with Crippen molar-refractivity contribution in [2.45, 2.75) is 18.9 Å². The van der Waals surface area contributed by atoms with E-state index in [-0.39, 0.29) is 5.91 Å². The number of piperidine rings is 1. The first-order chi connectivity index (χ1) is 16.5. The summed E-state index contributed by atoms with van der Waals surface area (Å²) in [5.41, 5.74) is 9.26. The zero-order chi connectivity index (χ0) is 24.1. The molecule has 1 aliphatic rings. The fraction of sp³-hybridized carbons (Fsp3) is 0.320. The summed E-state index contributed by atoms with van der Waals surface area (Å²) in [6.45, 7) is 1.84. The third kappa shape index (κ3) is 5.20. The van der Waals surface area contributed by atoms with Gasteiger partial charge < -0.3 is 20.4 Å². The molecule has 0 aliphatic carbocycles. The minimum atomic E-state index is -0.230. The van der Waals surface area contributed by atoms with Crippen LogP contribution in [0.5, 0.6) is 0 Å². The first-order valence-corrected chi connectivity index (χ1v) is 11.3. The van der Waals surface area contributed by atoms with E-state index >= 15 is 0 Å². The van der Waals surface area contributed by atoms with E-state index in [0.29, 0.717) is 23.1 Å². The van der Waals surface area contributed by atoms with E-state index in [9.17, 15) is 4.79 Å². The van der Waals surface area contributed by atoms with Gasteiger partial charge >= 0.3 is 0 Å². The van der Waals surface area contributed by atoms with Gasteiger partial charge in [0.05, 0.1) is 0 Å². The average molecular weight is 459 g/mol. The van der Waals surface area contributed by atoms with Gasteiger partial charge in [0, 0.05) is 61.3 Å². The molecule has 3 N–H and O–H groups in total. The van der Waals surface area contributed by atoms with Crippen molar-refractivity contribution in [3.63, 3.8) is 0 Å². The summed E-state index contributed by atoms with van der Waals surface area (Å²) in [6, 6.07) is 11.7. The van der Waals surface area contributed by atoms with E-state index in [1.165, 1.54) is 0 Å². The number of nitrogens with one attached hydrogen (secondary N) is 3. The third-order valence-corrected chi connectivity index (χ3v) is 6.19. The highest BCUT2D eigenvalue weighted by atomic mass is 16.1. The molecule has 0 atom stereocenters. The Hall–Kier alpha value is -3.85. The van der Waals surface area contributed by atoms with Gasteiger partial charge in [-0.3, -0.25) is 4.79 Å². The van der Waals surface area contributed by atoms with E-state index < -0.39 is 0 Å². The number of hydrogen-bond acceptors (Lipinski definition) is 8. The van der Waals surface area contributed by atoms with Crippen LogP contribution in [-0.2, 0) is 0 Å². The van der Waals surface area contributed by atoms with Crippen LogP contribution in [-0.4, -0.2) is 61.0 Å². The van der Waals surface area contributed by atoms with Gasteiger partial charge in [0.2, 0.25) is 0 Å². The van der Waals surface area contributed by atoms with Crippen LogP contribution in [0.15, 0.2) is 60.1 Å². The smallest absolute Gasteiger partial charge is 0.257 e. The lowest BCUT2D eigenvalue weighted by Crippen LogP contribution is -2.42. The van der Waals surface area contributed by atoms with E-state index in [2.05, 4.69) is 49.6 Å². The van der Waals surface area contributed by atoms with Crippen molar-refractivity contribution in [3.8, 4) is 0 Å². The Bertz CT molecular complexity index is 1210. The highest BCUT2D eigenvalue weighted by Crippen LogP contribution is 2.24. The minimum Gasteiger partial charge on any atom is -0.392 e. The predicted molar refractivity (Wildman–Crippen MR) is 135 cm³/mol. The van der Waals surface area contributed by atoms with Crippen molar-refractivity contribution < 1.29 is 4.79 Å². The van der Waals surface area contributed by atoms with Gasteiger partial charge in [-0.25, -0.2) is 15.5 Å². The molecule has 1 fully saturated rings. The molecule has 1 saturated heterocycles. The maximum absolute atomic E-state index is 13.0. The molecule has 0 radical (unpaired) electrons. The SMILES string of the molecule is CN/C=C(\N=N)c1ccc2cnc(NC(=O)c3ccnc(N4CCC(N(C)C)CC4)c3)cc2c1. The molecule has 0 bridgehead atoms. The van der Waals surface area contributed by atoms with Gasteiger partial charge in [0.25, 0.3) is 5.91 Å². The predicted octanol–water partition coefficient (Wildman–Crippen LogP) is 3.96. The number of hydrogen-bond donors (Lipinski definition) is 3. The molecule has 0 unspecified atom stereocenters. The highest BCUT2D eigenvalue weighted by molar-refractivity contribution is 6.05. The van der Waals surface area contributed by atoms with Gasteiger partial charge in [0.1, 0.15) is 17.3 Å². The molecule has 34 heavy (non-hydrogen) atoms. The number of carbonyl (C=O) groups excluding carboxylic acids is 1. The molecule has 1 aromatic carbocycles. The molecule has 4 rings (SSSR count). The Labute approximate surface area is 199 Å². The van der Waals surface area contributed by atoms with Gasteiger partial charge in [-0.15, -0.1) is 0 Å². The van der Waals surface area contributed by atoms with Crippen LogP contribution >= 0.6 is 0 Å². The summed E-state index contributed by atoms with van der Waals surface area (Å²) in [5.74, 6) is 1.05. The number of carbonyl (C=O) groups is 1. The molecule has 1 aliphatic heterocycles. The first-order valence-electron chi connectivity index (χ1n) is 11.3. The number of anilines is 2. The Balaban J connectivity index is 1.50. The lowest BCUT2D eigenvalue weighted by molar-refractivity contribution is 0.102. The summed E-state index contributed by atoms with van der Waals surface area (Å²) in [5, 5.41) is 11.2. The summed E-state index contributed by atoms with van der Waals surface area (Å²) in [4.78, 5) is 26.4. The standard InChI is InChI=1S/C25H30N8O/c1-27-16-22(31-26)17-4-5-19-15-29-23(13-20(19)12-17)30-25(34)18-6-9-28-24(14-18)33-10-7-21(8-11-33)32(2)3/h4-6,9,12-16,21,26-27H,7-8,10-11H2,1-3H3,(H,29,30,34)/b22-16-,31-26?. The lowest BCUT2D eigenvalue weighted by atomic mass is 10.0. The molecule has 0 saturated carbocycles. The summed E-state index contributed by atoms with van der Waals surface area (Å²) >= 11 is 0. The third-order valence-electron chi connectivity index (χ3n) is 6.19. The van der Waals surface area contributed by atoms with E-state index in [1.54, 1.807) is 31.7 Å². The van der Waals surface area contributed by atoms with Crippen LogP contribution < -0.4 is 15.5 Å². The molecule has 3 heterocycles. The highest BCUT2D eigenvalue weighted by Gasteiger charge is 2.22. The number of amides is 1. The number of pyridine rings is 2. The first kappa shape index (κ1) is 23.3. The van der Waals surface area contributed by atoms with Crippen LogP contribution in [0, 0.1) is 5.53 Å². The normalized spacial score (nSPS) is 14.9. The fourth-order valence-corrected chi connectivity index (χ4v) is 4.22. The molecular weight excluding hydrogens is 428 g/mol. The zero-order valence-electron chi connectivity index (χ0n) is 19.7. The largest absolute Gasteiger partial charge is 0.392 e. The molecule has 9 nitrogen and oxygen atoms in total. The van der Waals surface area contributed by atoms with Crippen molar-refractivity contribution in [1.29, 1.82) is 5.53 Å². The summed E-state index contributed by atoms with van der Waals surface area (Å²) in [6.07, 6.45) is 7.23. The van der Waals surface area contributed by atoms with Crippen LogP contribution in [0.1, 0.15) is 28.8 Å². The molecule has 3 aromatic rings. The molecule has 1 amide bonds. The number of fused-ring (bicyclic) bond motifs is 1. The Morgan fingerprint density at radius 1 is 1.12 bits per heavy atom. The second kappa shape index (κ2) is 10.4. The Kier molecular flexibility index (Phi) is 7.12. The number of aromatic nitrogens is 2. The Morgan fingerprint density at radius 2 is 1.91 bits per heavy atom. The second-order valence-electron chi connectivity index (χ2n) is 8.60. The fourth-order valence-electron chi connectivity index (χ4n) is 4.22. The molecular formula is C25H30N8O. The maximum atomic E-state index is 13.0. The number of benzene rings is 1. The topological polar surface area (TPSA) is 110 Å². The van der Waals surface area contributed by atoms with Crippen LogP contribution in [0.4, 0.5) is 11.6 Å². The van der Waals surface area contributed by atoms with Gasteiger partial charge in [0.15, 0.2) is 0 Å². The van der Waals surface area contributed by atoms with Gasteiger partial charge in [-0.05, 0) is 56.6 Å².